The van der Waals surface area contributed by atoms with E-state index >= 15 is 0 Å². The average molecular weight is 332 g/mol. The van der Waals surface area contributed by atoms with Crippen LogP contribution in [0.15, 0.2) is 51.4 Å². The summed E-state index contributed by atoms with van der Waals surface area (Å²) in [7, 11) is 4.37. The van der Waals surface area contributed by atoms with Crippen LogP contribution in [0.2, 0.25) is 0 Å². The number of allylic oxidation sites excluding steroid dienone is 3. The Bertz CT molecular complexity index is 532. The Morgan fingerprint density at radius 2 is 1.00 bits per heavy atom. The van der Waals surface area contributed by atoms with E-state index in [2.05, 4.69) is 74.7 Å². The van der Waals surface area contributed by atoms with Crippen LogP contribution in [0.4, 0.5) is 0 Å². The van der Waals surface area contributed by atoms with E-state index in [4.69, 9.17) is 15.0 Å². The van der Waals surface area contributed by atoms with E-state index in [1.807, 2.05) is 18.6 Å². The predicted octanol–water partition coefficient (Wildman–Crippen LogP) is 2.69. The molecule has 0 N–H and O–H groups in total. The molecule has 0 fully saturated rings. The summed E-state index contributed by atoms with van der Waals surface area (Å²) >= 11 is -3.17. The molecule has 0 amide bonds. The van der Waals surface area contributed by atoms with Crippen molar-refractivity contribution in [3.8, 4) is 0 Å². The molecule has 0 saturated heterocycles. The molecule has 3 atom stereocenters. The Labute approximate surface area is 136 Å². The summed E-state index contributed by atoms with van der Waals surface area (Å²) in [5.74, 6) is 0. The zero-order chi connectivity index (χ0) is 16.1. The monoisotopic (exact) mass is 332 g/mol. The molecule has 3 aliphatic rings. The van der Waals surface area contributed by atoms with Gasteiger partial charge in [-0.05, 0) is 0 Å². The van der Waals surface area contributed by atoms with Crippen molar-refractivity contribution >= 4 is 18.6 Å². The zero-order valence-electron chi connectivity index (χ0n) is 14.0. The van der Waals surface area contributed by atoms with Crippen molar-refractivity contribution in [2.45, 2.75) is 32.3 Å². The molecule has 22 heavy (non-hydrogen) atoms. The summed E-state index contributed by atoms with van der Waals surface area (Å²) < 4.78 is 1.70. The molecule has 4 nitrogen and oxygen atoms in total. The second-order valence-electron chi connectivity index (χ2n) is 6.96. The zero-order valence-corrected chi connectivity index (χ0v) is 15.5. The van der Waals surface area contributed by atoms with Gasteiger partial charge in [-0.15, -0.1) is 0 Å². The number of rotatable bonds is 4. The van der Waals surface area contributed by atoms with Gasteiger partial charge in [0.15, 0.2) is 0 Å². The maximum absolute atomic E-state index is 4.93. The summed E-state index contributed by atoms with van der Waals surface area (Å²) in [5, 5.41) is 0. The van der Waals surface area contributed by atoms with Crippen LogP contribution in [0.3, 0.4) is 0 Å². The molecule has 0 aliphatic carbocycles. The second kappa shape index (κ2) is 4.95. The van der Waals surface area contributed by atoms with Crippen LogP contribution in [-0.4, -0.2) is 47.7 Å². The third kappa shape index (κ3) is 1.75. The van der Waals surface area contributed by atoms with Crippen molar-refractivity contribution in [1.82, 2.24) is 3.38 Å². The normalized spacial score (nSPS) is 41.2. The molecule has 3 aliphatic heterocycles. The summed E-state index contributed by atoms with van der Waals surface area (Å²) in [5.41, 5.74) is 0. The molecule has 0 bridgehead atoms. The number of hydrogen-bond donors (Lipinski definition) is 0. The van der Waals surface area contributed by atoms with Gasteiger partial charge in [0.05, 0.1) is 0 Å². The minimum absolute atomic E-state index is 0.245. The molecule has 116 valence electrons. The third-order valence-electron chi connectivity index (χ3n) is 5.42. The molecular weight excluding hydrogens is 308 g/mol. The number of nitrogens with zero attached hydrogens (tertiary/aromatic N) is 4. The molecule has 0 radical (unpaired) electrons. The van der Waals surface area contributed by atoms with Gasteiger partial charge in [0.1, 0.15) is 0 Å². The Hall–Kier alpha value is -1.10. The first-order chi connectivity index (χ1) is 10.3. The first-order valence-electron chi connectivity index (χ1n) is 7.68. The van der Waals surface area contributed by atoms with Gasteiger partial charge in [0, 0.05) is 0 Å². The summed E-state index contributed by atoms with van der Waals surface area (Å²) in [6.07, 6.45) is 18.8. The van der Waals surface area contributed by atoms with Crippen LogP contribution < -0.4 is 0 Å². The van der Waals surface area contributed by atoms with Gasteiger partial charge < -0.3 is 0 Å². The van der Waals surface area contributed by atoms with Gasteiger partial charge in [0.25, 0.3) is 0 Å². The first-order valence-corrected chi connectivity index (χ1v) is 10.7. The van der Waals surface area contributed by atoms with Crippen molar-refractivity contribution in [2.75, 3.05) is 14.1 Å². The van der Waals surface area contributed by atoms with Crippen LogP contribution in [0.25, 0.3) is 0 Å². The van der Waals surface area contributed by atoms with E-state index in [0.29, 0.717) is 0 Å². The molecule has 3 unspecified atom stereocenters. The second-order valence-corrected chi connectivity index (χ2v) is 15.3. The summed E-state index contributed by atoms with van der Waals surface area (Å²) in [6.45, 7) is 6.77. The van der Waals surface area contributed by atoms with Crippen molar-refractivity contribution in [3.05, 3.63) is 36.5 Å². The molecule has 0 aromatic rings. The van der Waals surface area contributed by atoms with Gasteiger partial charge in [-0.2, -0.15) is 0 Å². The Kier molecular flexibility index (Phi) is 3.55. The summed E-state index contributed by atoms with van der Waals surface area (Å²) in [4.78, 5) is 14.8. The molecule has 3 heterocycles. The Morgan fingerprint density at radius 1 is 0.682 bits per heavy atom. The SMILES string of the molecule is C[N](C)[Ti]([C]1(C)C=CC=N1)([C]1(C)C=CC=N1)[C]1(C)C=CC=N1. The number of hydrogen-bond acceptors (Lipinski definition) is 4. The van der Waals surface area contributed by atoms with E-state index in [0.717, 1.165) is 0 Å². The Morgan fingerprint density at radius 3 is 1.18 bits per heavy atom. The molecule has 0 aromatic heterocycles. The van der Waals surface area contributed by atoms with Crippen molar-refractivity contribution in [1.29, 1.82) is 0 Å². The van der Waals surface area contributed by atoms with E-state index in [9.17, 15) is 0 Å². The average Bonchev–Trinajstić information content (AvgIpc) is 3.14. The van der Waals surface area contributed by atoms with E-state index in [1.54, 1.807) is 0 Å². The quantitative estimate of drug-likeness (QED) is 0.730. The molecule has 0 spiro atoms. The van der Waals surface area contributed by atoms with E-state index in [1.165, 1.54) is 0 Å². The van der Waals surface area contributed by atoms with Gasteiger partial charge in [0.2, 0.25) is 0 Å². The molecule has 3 rings (SSSR count). The van der Waals surface area contributed by atoms with Crippen LogP contribution in [-0.2, 0) is 16.8 Å². The molecule has 5 heteroatoms. The van der Waals surface area contributed by atoms with Gasteiger partial charge in [-0.3, -0.25) is 0 Å². The van der Waals surface area contributed by atoms with Crippen LogP contribution in [0, 0.1) is 0 Å². The maximum atomic E-state index is 4.93. The fourth-order valence-corrected chi connectivity index (χ4v) is 16.8. The van der Waals surface area contributed by atoms with E-state index < -0.39 is 16.8 Å². The topological polar surface area (TPSA) is 40.3 Å². The van der Waals surface area contributed by atoms with Crippen LogP contribution in [0.1, 0.15) is 20.8 Å². The van der Waals surface area contributed by atoms with Crippen molar-refractivity contribution in [2.24, 2.45) is 15.0 Å². The first kappa shape index (κ1) is 15.8. The van der Waals surface area contributed by atoms with Crippen LogP contribution in [0.5, 0.6) is 0 Å². The van der Waals surface area contributed by atoms with Gasteiger partial charge in [-0.25, -0.2) is 0 Å². The predicted molar refractivity (Wildman–Crippen MR) is 91.8 cm³/mol. The number of aliphatic imine (C=N–C) groups is 3. The van der Waals surface area contributed by atoms with E-state index in [-0.39, 0.29) is 11.5 Å². The third-order valence-corrected chi connectivity index (χ3v) is 15.8. The Balaban J connectivity index is 2.35. The van der Waals surface area contributed by atoms with Gasteiger partial charge >= 0.3 is 137 Å². The fourth-order valence-electron chi connectivity index (χ4n) is 4.95. The van der Waals surface area contributed by atoms with Crippen LogP contribution >= 0.6 is 0 Å². The molecule has 0 saturated carbocycles. The van der Waals surface area contributed by atoms with Crippen molar-refractivity contribution in [3.63, 3.8) is 0 Å². The van der Waals surface area contributed by atoms with Crippen molar-refractivity contribution < 1.29 is 16.8 Å². The molecular formula is C17H24N4Ti. The molecule has 0 aromatic carbocycles. The standard InChI is InChI=1S/3C5H6N.C2H6N.Ti/c3*1-5-3-2-4-6-5;1-3-2;/h3*2-4H,1H3;1-2H3;/q;;;-1;+1. The summed E-state index contributed by atoms with van der Waals surface area (Å²) in [6, 6.07) is 0. The van der Waals surface area contributed by atoms with Gasteiger partial charge in [-0.1, -0.05) is 0 Å². The minimum atomic E-state index is -3.17. The fraction of sp³-hybridized carbons (Fsp3) is 0.471.